The molecule has 0 atom stereocenters. The maximum absolute atomic E-state index is 5.87. The maximum atomic E-state index is 5.87. The lowest BCUT2D eigenvalue weighted by molar-refractivity contribution is 0.646. The summed E-state index contributed by atoms with van der Waals surface area (Å²) in [4.78, 5) is 11.2. The number of alkyl halides is 1. The summed E-state index contributed by atoms with van der Waals surface area (Å²) in [5, 5.41) is 5.28. The van der Waals surface area contributed by atoms with Gasteiger partial charge in [0.05, 0.1) is 5.39 Å². The molecule has 0 saturated carbocycles. The van der Waals surface area contributed by atoms with Gasteiger partial charge in [-0.3, -0.25) is 0 Å². The van der Waals surface area contributed by atoms with E-state index in [9.17, 15) is 0 Å². The number of fused-ring (bicyclic) bond motifs is 1. The molecule has 0 aliphatic carbocycles. The van der Waals surface area contributed by atoms with E-state index in [0.717, 1.165) is 35.8 Å². The highest BCUT2D eigenvalue weighted by Gasteiger charge is 2.10. The van der Waals surface area contributed by atoms with Crippen LogP contribution in [0.3, 0.4) is 0 Å². The molecule has 2 rings (SSSR count). The van der Waals surface area contributed by atoms with E-state index in [4.69, 9.17) is 11.5 Å². The van der Waals surface area contributed by atoms with Gasteiger partial charge in [-0.25, -0.2) is 0 Å². The normalized spacial score (nSPS) is 11.2. The Kier molecular flexibility index (Phi) is 4.38. The number of hydrogen-bond acceptors (Lipinski definition) is 5. The van der Waals surface area contributed by atoms with Gasteiger partial charge < -0.3 is 21.8 Å². The fourth-order valence-electron chi connectivity index (χ4n) is 1.85. The minimum atomic E-state index is 0.193. The van der Waals surface area contributed by atoms with E-state index in [1.807, 2.05) is 6.20 Å². The Morgan fingerprint density at radius 1 is 1.28 bits per heavy atom. The van der Waals surface area contributed by atoms with Crippen LogP contribution in [0.2, 0.25) is 0 Å². The highest BCUT2D eigenvalue weighted by molar-refractivity contribution is 9.09. The Labute approximate surface area is 114 Å². The van der Waals surface area contributed by atoms with Crippen LogP contribution in [0, 0.1) is 0 Å². The zero-order valence-electron chi connectivity index (χ0n) is 10.0. The Balaban J connectivity index is 2.05. The fraction of sp³-hybridized carbons (Fsp3) is 0.455. The number of unbranched alkanes of at least 4 members (excludes halogenated alkanes) is 1. The molecule has 6 N–H and O–H groups in total. The SMILES string of the molecule is Nc1nc(N)c2c(CNCCCCBr)c[nH]c2n1. The summed E-state index contributed by atoms with van der Waals surface area (Å²) >= 11 is 3.41. The maximum Gasteiger partial charge on any atom is 0.223 e. The lowest BCUT2D eigenvalue weighted by Gasteiger charge is -2.04. The van der Waals surface area contributed by atoms with Crippen LogP contribution in [-0.4, -0.2) is 26.8 Å². The van der Waals surface area contributed by atoms with Gasteiger partial charge in [0.2, 0.25) is 5.95 Å². The van der Waals surface area contributed by atoms with Gasteiger partial charge in [-0.15, -0.1) is 0 Å². The van der Waals surface area contributed by atoms with E-state index >= 15 is 0 Å². The third-order valence-corrected chi connectivity index (χ3v) is 3.27. The molecular formula is C11H17BrN6. The summed E-state index contributed by atoms with van der Waals surface area (Å²) < 4.78 is 0. The molecule has 0 fully saturated rings. The van der Waals surface area contributed by atoms with E-state index in [1.54, 1.807) is 0 Å². The van der Waals surface area contributed by atoms with Gasteiger partial charge in [0.1, 0.15) is 11.5 Å². The first kappa shape index (κ1) is 13.1. The molecule has 98 valence electrons. The van der Waals surface area contributed by atoms with Crippen molar-refractivity contribution in [3.05, 3.63) is 11.8 Å². The van der Waals surface area contributed by atoms with Crippen LogP contribution in [-0.2, 0) is 6.54 Å². The van der Waals surface area contributed by atoms with Gasteiger partial charge in [0.25, 0.3) is 0 Å². The number of halogens is 1. The van der Waals surface area contributed by atoms with Crippen molar-refractivity contribution in [1.29, 1.82) is 0 Å². The van der Waals surface area contributed by atoms with E-state index in [2.05, 4.69) is 36.2 Å². The summed E-state index contributed by atoms with van der Waals surface area (Å²) in [6.07, 6.45) is 4.21. The summed E-state index contributed by atoms with van der Waals surface area (Å²) in [6, 6.07) is 0. The lowest BCUT2D eigenvalue weighted by atomic mass is 10.2. The molecule has 0 aliphatic heterocycles. The number of nitrogen functional groups attached to an aromatic ring is 2. The van der Waals surface area contributed by atoms with Crippen LogP contribution in [0.1, 0.15) is 18.4 Å². The molecule has 0 unspecified atom stereocenters. The quantitative estimate of drug-likeness (QED) is 0.476. The number of aromatic nitrogens is 3. The minimum Gasteiger partial charge on any atom is -0.383 e. The van der Waals surface area contributed by atoms with E-state index in [-0.39, 0.29) is 5.95 Å². The second-order valence-corrected chi connectivity index (χ2v) is 4.87. The van der Waals surface area contributed by atoms with Crippen molar-refractivity contribution in [2.45, 2.75) is 19.4 Å². The smallest absolute Gasteiger partial charge is 0.223 e. The Morgan fingerprint density at radius 3 is 2.89 bits per heavy atom. The summed E-state index contributed by atoms with van der Waals surface area (Å²) in [5.41, 5.74) is 13.2. The van der Waals surface area contributed by atoms with E-state index in [0.29, 0.717) is 11.5 Å². The molecule has 0 amide bonds. The number of aromatic amines is 1. The predicted octanol–water partition coefficient (Wildman–Crippen LogP) is 1.39. The fourth-order valence-corrected chi connectivity index (χ4v) is 2.25. The molecule has 0 aromatic carbocycles. The first-order valence-electron chi connectivity index (χ1n) is 5.88. The zero-order chi connectivity index (χ0) is 13.0. The van der Waals surface area contributed by atoms with Gasteiger partial charge in [-0.2, -0.15) is 9.97 Å². The Morgan fingerprint density at radius 2 is 2.11 bits per heavy atom. The molecule has 2 aromatic rings. The number of rotatable bonds is 6. The first-order valence-corrected chi connectivity index (χ1v) is 7.00. The predicted molar refractivity (Wildman–Crippen MR) is 77.4 cm³/mol. The second kappa shape index (κ2) is 6.01. The number of H-pyrrole nitrogens is 1. The summed E-state index contributed by atoms with van der Waals surface area (Å²) in [7, 11) is 0. The number of hydrogen-bond donors (Lipinski definition) is 4. The summed E-state index contributed by atoms with van der Waals surface area (Å²) in [5.74, 6) is 0.620. The number of nitrogens with two attached hydrogens (primary N) is 2. The third-order valence-electron chi connectivity index (χ3n) is 2.71. The molecule has 18 heavy (non-hydrogen) atoms. The lowest BCUT2D eigenvalue weighted by Crippen LogP contribution is -2.14. The molecular weight excluding hydrogens is 296 g/mol. The van der Waals surface area contributed by atoms with Crippen LogP contribution in [0.4, 0.5) is 11.8 Å². The molecule has 0 spiro atoms. The van der Waals surface area contributed by atoms with Gasteiger partial charge in [-0.05, 0) is 24.9 Å². The van der Waals surface area contributed by atoms with Crippen molar-refractivity contribution >= 4 is 38.7 Å². The Bertz CT molecular complexity index is 523. The van der Waals surface area contributed by atoms with Gasteiger partial charge in [0, 0.05) is 18.1 Å². The molecule has 6 nitrogen and oxygen atoms in total. The minimum absolute atomic E-state index is 0.193. The van der Waals surface area contributed by atoms with Gasteiger partial charge >= 0.3 is 0 Å². The number of nitrogens with one attached hydrogen (secondary N) is 2. The monoisotopic (exact) mass is 312 g/mol. The molecule has 7 heteroatoms. The largest absolute Gasteiger partial charge is 0.383 e. The van der Waals surface area contributed by atoms with Crippen molar-refractivity contribution in [1.82, 2.24) is 20.3 Å². The number of anilines is 2. The molecule has 0 radical (unpaired) electrons. The van der Waals surface area contributed by atoms with Crippen LogP contribution in [0.5, 0.6) is 0 Å². The van der Waals surface area contributed by atoms with Crippen molar-refractivity contribution in [2.24, 2.45) is 0 Å². The van der Waals surface area contributed by atoms with Gasteiger partial charge in [0.15, 0.2) is 0 Å². The van der Waals surface area contributed by atoms with Crippen molar-refractivity contribution in [3.63, 3.8) is 0 Å². The van der Waals surface area contributed by atoms with Crippen molar-refractivity contribution in [2.75, 3.05) is 23.3 Å². The molecule has 0 aliphatic rings. The first-order chi connectivity index (χ1) is 8.72. The van der Waals surface area contributed by atoms with Crippen LogP contribution < -0.4 is 16.8 Å². The Hall–Kier alpha value is -1.34. The zero-order valence-corrected chi connectivity index (χ0v) is 11.6. The molecule has 2 heterocycles. The van der Waals surface area contributed by atoms with Crippen molar-refractivity contribution in [3.8, 4) is 0 Å². The van der Waals surface area contributed by atoms with Crippen molar-refractivity contribution < 1.29 is 0 Å². The number of nitrogens with zero attached hydrogens (tertiary/aromatic N) is 2. The molecule has 0 bridgehead atoms. The van der Waals surface area contributed by atoms with Crippen LogP contribution in [0.15, 0.2) is 6.20 Å². The standard InChI is InChI=1S/C11H17BrN6/c12-3-1-2-4-15-5-7-6-16-10-8(7)9(13)17-11(14)18-10/h6,15H,1-5H2,(H5,13,14,16,17,18). The van der Waals surface area contributed by atoms with Crippen LogP contribution in [0.25, 0.3) is 11.0 Å². The average Bonchev–Trinajstić information content (AvgIpc) is 2.72. The second-order valence-electron chi connectivity index (χ2n) is 4.08. The van der Waals surface area contributed by atoms with Gasteiger partial charge in [-0.1, -0.05) is 15.9 Å². The molecule has 2 aromatic heterocycles. The molecule has 0 saturated heterocycles. The van der Waals surface area contributed by atoms with Crippen LogP contribution >= 0.6 is 15.9 Å². The highest BCUT2D eigenvalue weighted by atomic mass is 79.9. The summed E-state index contributed by atoms with van der Waals surface area (Å²) in [6.45, 7) is 1.73. The average molecular weight is 313 g/mol. The van der Waals surface area contributed by atoms with E-state index in [1.165, 1.54) is 6.42 Å². The van der Waals surface area contributed by atoms with E-state index < -0.39 is 0 Å². The third kappa shape index (κ3) is 2.91. The highest BCUT2D eigenvalue weighted by Crippen LogP contribution is 2.22. The topological polar surface area (TPSA) is 106 Å².